The predicted octanol–water partition coefficient (Wildman–Crippen LogP) is 1.51. The molecule has 1 aliphatic heterocycles. The van der Waals surface area contributed by atoms with Crippen LogP contribution in [0.5, 0.6) is 0 Å². The average Bonchev–Trinajstić information content (AvgIpc) is 2.88. The van der Waals surface area contributed by atoms with Crippen molar-refractivity contribution in [3.8, 4) is 0 Å². The molecule has 0 spiro atoms. The standard InChI is InChI=1S/C14H16N2O3/c17-12-3-1-2-11-10(12)4-5-13(15-11)16-7-6-9(8-16)14(18)19/h4-5,9H,1-3,6-8H2,(H,18,19). The molecule has 0 saturated carbocycles. The van der Waals surface area contributed by atoms with Gasteiger partial charge in [-0.2, -0.15) is 0 Å². The van der Waals surface area contributed by atoms with Gasteiger partial charge in [-0.05, 0) is 31.4 Å². The van der Waals surface area contributed by atoms with Crippen molar-refractivity contribution in [2.45, 2.75) is 25.7 Å². The summed E-state index contributed by atoms with van der Waals surface area (Å²) in [5, 5.41) is 9.01. The van der Waals surface area contributed by atoms with E-state index < -0.39 is 5.97 Å². The predicted molar refractivity (Wildman–Crippen MR) is 69.5 cm³/mol. The lowest BCUT2D eigenvalue weighted by molar-refractivity contribution is -0.140. The van der Waals surface area contributed by atoms with E-state index in [-0.39, 0.29) is 11.7 Å². The van der Waals surface area contributed by atoms with Gasteiger partial charge in [0, 0.05) is 25.1 Å². The molecule has 1 aliphatic carbocycles. The molecule has 1 saturated heterocycles. The zero-order valence-corrected chi connectivity index (χ0v) is 10.6. The fraction of sp³-hybridized carbons (Fsp3) is 0.500. The van der Waals surface area contributed by atoms with Crippen molar-refractivity contribution in [2.75, 3.05) is 18.0 Å². The van der Waals surface area contributed by atoms with Crippen LogP contribution >= 0.6 is 0 Å². The number of carboxylic acid groups (broad SMARTS) is 1. The number of fused-ring (bicyclic) bond motifs is 1. The van der Waals surface area contributed by atoms with Crippen LogP contribution in [0.4, 0.5) is 5.82 Å². The van der Waals surface area contributed by atoms with E-state index in [4.69, 9.17) is 5.11 Å². The molecule has 1 atom stereocenters. The summed E-state index contributed by atoms with van der Waals surface area (Å²) < 4.78 is 0. The molecule has 19 heavy (non-hydrogen) atoms. The molecule has 1 N–H and O–H groups in total. The zero-order chi connectivity index (χ0) is 13.4. The van der Waals surface area contributed by atoms with Crippen LogP contribution in [-0.2, 0) is 11.2 Å². The lowest BCUT2D eigenvalue weighted by Crippen LogP contribution is -2.24. The van der Waals surface area contributed by atoms with Gasteiger partial charge in [-0.15, -0.1) is 0 Å². The number of aryl methyl sites for hydroxylation is 1. The smallest absolute Gasteiger partial charge is 0.308 e. The first-order valence-electron chi connectivity index (χ1n) is 6.66. The van der Waals surface area contributed by atoms with E-state index in [1.807, 2.05) is 17.0 Å². The molecule has 0 amide bonds. The summed E-state index contributed by atoms with van der Waals surface area (Å²) in [6, 6.07) is 3.68. The summed E-state index contributed by atoms with van der Waals surface area (Å²) in [6.07, 6.45) is 2.97. The van der Waals surface area contributed by atoms with Crippen molar-refractivity contribution < 1.29 is 14.7 Å². The molecule has 3 rings (SSSR count). The summed E-state index contributed by atoms with van der Waals surface area (Å²) in [5.74, 6) is -0.0718. The second-order valence-electron chi connectivity index (χ2n) is 5.21. The minimum Gasteiger partial charge on any atom is -0.481 e. The molecule has 100 valence electrons. The highest BCUT2D eigenvalue weighted by Crippen LogP contribution is 2.26. The minimum atomic E-state index is -0.740. The SMILES string of the molecule is O=C1CCCc2nc(N3CCC(C(=O)O)C3)ccc21. The summed E-state index contributed by atoms with van der Waals surface area (Å²) >= 11 is 0. The third kappa shape index (κ3) is 2.20. The monoisotopic (exact) mass is 260 g/mol. The number of carbonyl (C=O) groups is 2. The summed E-state index contributed by atoms with van der Waals surface area (Å²) in [4.78, 5) is 29.2. The van der Waals surface area contributed by atoms with Gasteiger partial charge in [0.2, 0.25) is 0 Å². The van der Waals surface area contributed by atoms with Gasteiger partial charge in [0.25, 0.3) is 0 Å². The second kappa shape index (κ2) is 4.64. The average molecular weight is 260 g/mol. The maximum Gasteiger partial charge on any atom is 0.308 e. The highest BCUT2D eigenvalue weighted by molar-refractivity contribution is 5.98. The van der Waals surface area contributed by atoms with Crippen molar-refractivity contribution in [2.24, 2.45) is 5.92 Å². The van der Waals surface area contributed by atoms with Gasteiger partial charge < -0.3 is 10.0 Å². The van der Waals surface area contributed by atoms with Crippen molar-refractivity contribution in [3.63, 3.8) is 0 Å². The molecule has 5 heteroatoms. The Labute approximate surface area is 111 Å². The highest BCUT2D eigenvalue weighted by Gasteiger charge is 2.29. The number of ketones is 1. The van der Waals surface area contributed by atoms with E-state index in [0.29, 0.717) is 19.4 Å². The largest absolute Gasteiger partial charge is 0.481 e. The Hall–Kier alpha value is -1.91. The number of Topliss-reactive ketones (excluding diaryl/α,β-unsaturated/α-hetero) is 1. The van der Waals surface area contributed by atoms with E-state index >= 15 is 0 Å². The normalized spacial score (nSPS) is 22.4. The second-order valence-corrected chi connectivity index (χ2v) is 5.21. The van der Waals surface area contributed by atoms with Crippen molar-refractivity contribution in [3.05, 3.63) is 23.4 Å². The van der Waals surface area contributed by atoms with Gasteiger partial charge in [0.05, 0.1) is 11.6 Å². The van der Waals surface area contributed by atoms with Crippen LogP contribution in [0, 0.1) is 5.92 Å². The number of rotatable bonds is 2. The number of pyridine rings is 1. The number of aromatic nitrogens is 1. The lowest BCUT2D eigenvalue weighted by Gasteiger charge is -2.20. The van der Waals surface area contributed by atoms with E-state index in [1.165, 1.54) is 0 Å². The third-order valence-electron chi connectivity index (χ3n) is 3.94. The van der Waals surface area contributed by atoms with E-state index in [2.05, 4.69) is 4.98 Å². The number of carboxylic acids is 1. The van der Waals surface area contributed by atoms with Crippen LogP contribution in [0.2, 0.25) is 0 Å². The van der Waals surface area contributed by atoms with Crippen LogP contribution in [0.3, 0.4) is 0 Å². The molecular weight excluding hydrogens is 244 g/mol. The fourth-order valence-electron chi connectivity index (χ4n) is 2.83. The topological polar surface area (TPSA) is 70.5 Å². The quantitative estimate of drug-likeness (QED) is 0.872. The van der Waals surface area contributed by atoms with Gasteiger partial charge in [-0.1, -0.05) is 0 Å². The Morgan fingerprint density at radius 2 is 2.21 bits per heavy atom. The molecule has 2 heterocycles. The first-order chi connectivity index (χ1) is 9.15. The van der Waals surface area contributed by atoms with Gasteiger partial charge in [0.1, 0.15) is 5.82 Å². The first kappa shape index (κ1) is 12.1. The Balaban J connectivity index is 1.83. The number of aliphatic carboxylic acids is 1. The van der Waals surface area contributed by atoms with Gasteiger partial charge in [-0.25, -0.2) is 4.98 Å². The summed E-state index contributed by atoms with van der Waals surface area (Å²) in [5.41, 5.74) is 1.61. The van der Waals surface area contributed by atoms with Crippen LogP contribution in [0.1, 0.15) is 35.3 Å². The Bertz CT molecular complexity index is 541. The van der Waals surface area contributed by atoms with E-state index in [9.17, 15) is 9.59 Å². The van der Waals surface area contributed by atoms with Gasteiger partial charge in [-0.3, -0.25) is 9.59 Å². The zero-order valence-electron chi connectivity index (χ0n) is 10.6. The minimum absolute atomic E-state index is 0.171. The Morgan fingerprint density at radius 1 is 1.37 bits per heavy atom. The third-order valence-corrected chi connectivity index (χ3v) is 3.94. The van der Waals surface area contributed by atoms with Crippen LogP contribution in [-0.4, -0.2) is 34.9 Å². The number of hydrogen-bond donors (Lipinski definition) is 1. The number of carbonyl (C=O) groups excluding carboxylic acids is 1. The molecule has 1 aromatic rings. The molecule has 2 aliphatic rings. The first-order valence-corrected chi connectivity index (χ1v) is 6.66. The number of hydrogen-bond acceptors (Lipinski definition) is 4. The Kier molecular flexibility index (Phi) is 2.97. The van der Waals surface area contributed by atoms with E-state index in [0.717, 1.165) is 36.5 Å². The van der Waals surface area contributed by atoms with Crippen LogP contribution in [0.25, 0.3) is 0 Å². The number of nitrogens with zero attached hydrogens (tertiary/aromatic N) is 2. The van der Waals surface area contributed by atoms with Crippen molar-refractivity contribution in [1.29, 1.82) is 0 Å². The molecule has 1 fully saturated rings. The number of anilines is 1. The molecule has 0 aromatic carbocycles. The maximum atomic E-state index is 11.7. The van der Waals surface area contributed by atoms with E-state index in [1.54, 1.807) is 0 Å². The van der Waals surface area contributed by atoms with Crippen molar-refractivity contribution in [1.82, 2.24) is 4.98 Å². The fourth-order valence-corrected chi connectivity index (χ4v) is 2.83. The lowest BCUT2D eigenvalue weighted by atomic mass is 9.95. The molecular formula is C14H16N2O3. The highest BCUT2D eigenvalue weighted by atomic mass is 16.4. The molecule has 0 bridgehead atoms. The van der Waals surface area contributed by atoms with Crippen molar-refractivity contribution >= 4 is 17.6 Å². The maximum absolute atomic E-state index is 11.7. The van der Waals surface area contributed by atoms with Crippen LogP contribution in [0.15, 0.2) is 12.1 Å². The summed E-state index contributed by atoms with van der Waals surface area (Å²) in [6.45, 7) is 1.23. The van der Waals surface area contributed by atoms with Gasteiger partial charge >= 0.3 is 5.97 Å². The summed E-state index contributed by atoms with van der Waals surface area (Å²) in [7, 11) is 0. The Morgan fingerprint density at radius 3 is 2.95 bits per heavy atom. The van der Waals surface area contributed by atoms with Gasteiger partial charge in [0.15, 0.2) is 5.78 Å². The molecule has 1 unspecified atom stereocenters. The molecule has 1 aromatic heterocycles. The van der Waals surface area contributed by atoms with Crippen LogP contribution < -0.4 is 4.90 Å². The molecule has 0 radical (unpaired) electrons. The molecule has 5 nitrogen and oxygen atoms in total.